The molecule has 6 rings (SSSR count). The Balaban J connectivity index is 1.27. The third-order valence-electron chi connectivity index (χ3n) is 12.8. The first-order chi connectivity index (χ1) is 20.1. The molecular formula is C37H50N2O2S. The number of fused-ring (bicyclic) bond motifs is 5. The Hall–Kier alpha value is -2.19. The third kappa shape index (κ3) is 4.85. The van der Waals surface area contributed by atoms with E-state index in [2.05, 4.69) is 40.7 Å². The lowest BCUT2D eigenvalue weighted by Gasteiger charge is -2.60. The molecule has 42 heavy (non-hydrogen) atoms. The molecule has 1 aromatic rings. The number of hydrogen-bond acceptors (Lipinski definition) is 5. The van der Waals surface area contributed by atoms with Gasteiger partial charge in [-0.05, 0) is 109 Å². The number of thioether (sulfide) groups is 1. The zero-order chi connectivity index (χ0) is 29.8. The number of carbonyl (C=O) groups is 1. The average molecular weight is 587 g/mol. The molecule has 0 bridgehead atoms. The predicted octanol–water partition coefficient (Wildman–Crippen LogP) is 10.0. The molecule has 1 aliphatic heterocycles. The molecule has 1 heterocycles. The Kier molecular flexibility index (Phi) is 8.09. The van der Waals surface area contributed by atoms with Crippen LogP contribution >= 0.6 is 11.8 Å². The van der Waals surface area contributed by atoms with Crippen molar-refractivity contribution >= 4 is 23.2 Å². The molecule has 0 saturated heterocycles. The maximum absolute atomic E-state index is 13.8. The van der Waals surface area contributed by atoms with Crippen LogP contribution in [0.3, 0.4) is 0 Å². The van der Waals surface area contributed by atoms with Gasteiger partial charge in [-0.3, -0.25) is 9.69 Å². The summed E-state index contributed by atoms with van der Waals surface area (Å²) < 4.78 is 0. The molecule has 0 spiro atoms. The van der Waals surface area contributed by atoms with Crippen molar-refractivity contribution in [3.05, 3.63) is 51.7 Å². The van der Waals surface area contributed by atoms with Gasteiger partial charge < -0.3 is 5.11 Å². The monoisotopic (exact) mass is 586 g/mol. The fraction of sp³-hybridized carbons (Fsp3) is 0.676. The van der Waals surface area contributed by atoms with Crippen LogP contribution in [0.2, 0.25) is 0 Å². The molecule has 5 heteroatoms. The van der Waals surface area contributed by atoms with Crippen LogP contribution in [0.15, 0.2) is 51.7 Å². The maximum atomic E-state index is 13.8. The molecule has 0 aromatic heterocycles. The number of anilines is 1. The topological polar surface area (TPSA) is 64.3 Å². The van der Waals surface area contributed by atoms with Gasteiger partial charge in [0.2, 0.25) is 5.88 Å². The number of ketones is 1. The minimum absolute atomic E-state index is 0.0502. The molecule has 4 nitrogen and oxygen atoms in total. The fourth-order valence-corrected chi connectivity index (χ4v) is 11.7. The number of hydrogen-bond donors (Lipinski definition) is 1. The molecular weight excluding hydrogens is 536 g/mol. The summed E-state index contributed by atoms with van der Waals surface area (Å²) in [5, 5.41) is 21.6. The van der Waals surface area contributed by atoms with Crippen molar-refractivity contribution in [2.24, 2.45) is 52.3 Å². The lowest BCUT2D eigenvalue weighted by atomic mass is 9.44. The molecule has 5 aliphatic rings. The highest BCUT2D eigenvalue weighted by molar-refractivity contribution is 8.07. The summed E-state index contributed by atoms with van der Waals surface area (Å²) in [5.41, 5.74) is 2.16. The Morgan fingerprint density at radius 3 is 2.48 bits per heavy atom. The third-order valence-corrected chi connectivity index (χ3v) is 13.9. The zero-order valence-electron chi connectivity index (χ0n) is 26.4. The van der Waals surface area contributed by atoms with Gasteiger partial charge >= 0.3 is 0 Å². The minimum Gasteiger partial charge on any atom is -0.493 e. The smallest absolute Gasteiger partial charge is 0.222 e. The number of para-hydroxylation sites is 1. The molecule has 8 atom stereocenters. The number of nitrogens with zero attached hydrogens (tertiary/aromatic N) is 2. The van der Waals surface area contributed by atoms with Crippen LogP contribution in [0.4, 0.5) is 5.69 Å². The molecule has 1 N–H and O–H groups in total. The van der Waals surface area contributed by atoms with Crippen molar-refractivity contribution in [2.45, 2.75) is 105 Å². The molecule has 4 aliphatic carbocycles. The van der Waals surface area contributed by atoms with Crippen LogP contribution in [0, 0.1) is 63.6 Å². The van der Waals surface area contributed by atoms with Gasteiger partial charge in [0.15, 0.2) is 10.7 Å². The van der Waals surface area contributed by atoms with E-state index in [4.69, 9.17) is 0 Å². The van der Waals surface area contributed by atoms with Gasteiger partial charge in [0.05, 0.1) is 5.03 Å². The minimum atomic E-state index is -0.0502. The van der Waals surface area contributed by atoms with Crippen LogP contribution in [0.25, 0.3) is 0 Å². The van der Waals surface area contributed by atoms with Gasteiger partial charge in [0.1, 0.15) is 6.07 Å². The second kappa shape index (κ2) is 11.4. The number of allylic oxidation sites excluding steroid dienone is 2. The summed E-state index contributed by atoms with van der Waals surface area (Å²) >= 11 is 1.28. The summed E-state index contributed by atoms with van der Waals surface area (Å²) in [4.78, 5) is 15.8. The van der Waals surface area contributed by atoms with Crippen molar-refractivity contribution < 1.29 is 9.90 Å². The van der Waals surface area contributed by atoms with Crippen molar-refractivity contribution in [1.29, 1.82) is 5.26 Å². The van der Waals surface area contributed by atoms with Crippen molar-refractivity contribution in [2.75, 3.05) is 4.90 Å². The quantitative estimate of drug-likeness (QED) is 0.336. The number of aliphatic hydroxyl groups is 1. The summed E-state index contributed by atoms with van der Waals surface area (Å²) in [5.74, 6) is 5.24. The van der Waals surface area contributed by atoms with Gasteiger partial charge in [0.25, 0.3) is 0 Å². The summed E-state index contributed by atoms with van der Waals surface area (Å²) in [7, 11) is 0. The Bertz CT molecular complexity index is 1310. The molecule has 4 saturated carbocycles. The number of Topliss-reactive ketones (excluding diaryl/α,β-unsaturated/α-hetero) is 1. The standard InChI is InChI=1S/C37H50N2O2S/c1-23(2)10-9-11-24(3)29-16-17-30-27-15-14-25-20-32(40)28(21-37(25,5)31(27)18-19-36(29,30)4)35-39(26-12-7-6-8-13-26)34(41)33(22-38)42-35/h6-8,12-13,23-25,27,29-31,41H,9-11,14-21H2,1-5H3/b35-28+/t24-,25+,27+,29-,30+,31+,36-,37+/m1/s1. The first kappa shape index (κ1) is 29.9. The fourth-order valence-electron chi connectivity index (χ4n) is 10.7. The Morgan fingerprint density at radius 2 is 1.76 bits per heavy atom. The molecule has 226 valence electrons. The zero-order valence-corrected chi connectivity index (χ0v) is 27.2. The summed E-state index contributed by atoms with van der Waals surface area (Å²) in [6, 6.07) is 11.9. The summed E-state index contributed by atoms with van der Waals surface area (Å²) in [6.45, 7) is 12.4. The normalized spacial score (nSPS) is 38.7. The van der Waals surface area contributed by atoms with E-state index in [9.17, 15) is 15.2 Å². The van der Waals surface area contributed by atoms with E-state index in [1.807, 2.05) is 30.3 Å². The maximum Gasteiger partial charge on any atom is 0.222 e. The first-order valence-corrected chi connectivity index (χ1v) is 17.5. The van der Waals surface area contributed by atoms with Crippen LogP contribution in [0.1, 0.15) is 105 Å². The number of rotatable bonds is 6. The highest BCUT2D eigenvalue weighted by atomic mass is 32.2. The van der Waals surface area contributed by atoms with Gasteiger partial charge in [0, 0.05) is 17.7 Å². The van der Waals surface area contributed by atoms with Crippen molar-refractivity contribution in [3.8, 4) is 6.07 Å². The second-order valence-corrected chi connectivity index (χ2v) is 16.3. The number of aliphatic hydroxyl groups excluding tert-OH is 1. The Morgan fingerprint density at radius 1 is 1.02 bits per heavy atom. The molecule has 1 aromatic carbocycles. The van der Waals surface area contributed by atoms with Gasteiger partial charge in [-0.15, -0.1) is 0 Å². The molecule has 0 amide bonds. The number of nitriles is 1. The van der Waals surface area contributed by atoms with Gasteiger partial charge in [-0.2, -0.15) is 5.26 Å². The predicted molar refractivity (Wildman–Crippen MR) is 172 cm³/mol. The number of benzene rings is 1. The highest BCUT2D eigenvalue weighted by Crippen LogP contribution is 2.69. The average Bonchev–Trinajstić information content (AvgIpc) is 3.49. The largest absolute Gasteiger partial charge is 0.493 e. The van der Waals surface area contributed by atoms with E-state index in [0.29, 0.717) is 23.7 Å². The molecule has 4 fully saturated rings. The molecule has 0 radical (unpaired) electrons. The van der Waals surface area contributed by atoms with Crippen LogP contribution in [-0.2, 0) is 4.79 Å². The highest BCUT2D eigenvalue weighted by Gasteiger charge is 2.61. The van der Waals surface area contributed by atoms with E-state index in [0.717, 1.165) is 58.7 Å². The van der Waals surface area contributed by atoms with E-state index >= 15 is 0 Å². The van der Waals surface area contributed by atoms with Crippen molar-refractivity contribution in [1.82, 2.24) is 0 Å². The summed E-state index contributed by atoms with van der Waals surface area (Å²) in [6.07, 6.45) is 13.3. The van der Waals surface area contributed by atoms with Crippen LogP contribution in [-0.4, -0.2) is 10.9 Å². The van der Waals surface area contributed by atoms with E-state index < -0.39 is 0 Å². The number of carbonyl (C=O) groups excluding carboxylic acids is 1. The second-order valence-electron chi connectivity index (χ2n) is 15.3. The van der Waals surface area contributed by atoms with E-state index in [1.54, 1.807) is 4.90 Å². The Labute approximate surface area is 258 Å². The van der Waals surface area contributed by atoms with Crippen molar-refractivity contribution in [3.63, 3.8) is 0 Å². The van der Waals surface area contributed by atoms with Gasteiger partial charge in [-0.1, -0.05) is 83.8 Å². The molecule has 0 unspecified atom stereocenters. The SMILES string of the molecule is CC(C)CCC[C@@H](C)[C@H]1CC[C@H]2[C@@H]3CC[C@H]4CC(=O)/C(=C5/SC(C#N)=C(O)N5c5ccccc5)C[C@]4(C)[C@H]3CC[C@]12C. The lowest BCUT2D eigenvalue weighted by molar-refractivity contribution is -0.133. The van der Waals surface area contributed by atoms with E-state index in [1.165, 1.54) is 63.1 Å². The van der Waals surface area contributed by atoms with E-state index in [-0.39, 0.29) is 22.0 Å². The lowest BCUT2D eigenvalue weighted by Crippen LogP contribution is -2.54. The van der Waals surface area contributed by atoms with Crippen LogP contribution in [0.5, 0.6) is 0 Å². The van der Waals surface area contributed by atoms with Crippen LogP contribution < -0.4 is 4.90 Å². The first-order valence-electron chi connectivity index (χ1n) is 16.7. The van der Waals surface area contributed by atoms with Gasteiger partial charge in [-0.25, -0.2) is 0 Å².